The number of amides is 1. The van der Waals surface area contributed by atoms with Gasteiger partial charge in [0.15, 0.2) is 5.76 Å². The molecule has 3 heterocycles. The van der Waals surface area contributed by atoms with E-state index in [-0.39, 0.29) is 5.91 Å². The summed E-state index contributed by atoms with van der Waals surface area (Å²) in [6, 6.07) is 12.3. The van der Waals surface area contributed by atoms with Gasteiger partial charge in [-0.3, -0.25) is 4.79 Å². The predicted molar refractivity (Wildman–Crippen MR) is 115 cm³/mol. The van der Waals surface area contributed by atoms with Crippen molar-refractivity contribution >= 4 is 11.6 Å². The van der Waals surface area contributed by atoms with Crippen LogP contribution in [0.4, 0.5) is 5.69 Å². The van der Waals surface area contributed by atoms with E-state index in [1.54, 1.807) is 0 Å². The Balaban J connectivity index is 1.33. The summed E-state index contributed by atoms with van der Waals surface area (Å²) in [5.41, 5.74) is 2.12. The normalized spacial score (nSPS) is 22.1. The lowest BCUT2D eigenvalue weighted by atomic mass is 9.81. The average molecular weight is 413 g/mol. The van der Waals surface area contributed by atoms with Crippen LogP contribution in [0.5, 0.6) is 0 Å². The van der Waals surface area contributed by atoms with Gasteiger partial charge in [-0.2, -0.15) is 0 Å². The van der Waals surface area contributed by atoms with Crippen molar-refractivity contribution in [3.63, 3.8) is 0 Å². The van der Waals surface area contributed by atoms with Crippen LogP contribution < -0.4 is 10.2 Å². The van der Waals surface area contributed by atoms with E-state index in [1.165, 1.54) is 0 Å². The summed E-state index contributed by atoms with van der Waals surface area (Å²) in [6.45, 7) is 5.32. The molecule has 7 nitrogen and oxygen atoms in total. The molecule has 0 radical (unpaired) electrons. The van der Waals surface area contributed by atoms with Gasteiger partial charge in [-0.15, -0.1) is 0 Å². The lowest BCUT2D eigenvalue weighted by Gasteiger charge is -2.34. The van der Waals surface area contributed by atoms with E-state index in [0.717, 1.165) is 56.2 Å². The first-order valence-electron chi connectivity index (χ1n) is 11.0. The Bertz CT molecular complexity index is 804. The van der Waals surface area contributed by atoms with Crippen molar-refractivity contribution in [2.75, 3.05) is 51.3 Å². The molecule has 2 aliphatic heterocycles. The van der Waals surface area contributed by atoms with Gasteiger partial charge in [-0.1, -0.05) is 23.4 Å². The molecule has 7 heteroatoms. The molecule has 0 spiro atoms. The van der Waals surface area contributed by atoms with Gasteiger partial charge in [0, 0.05) is 38.3 Å². The van der Waals surface area contributed by atoms with Crippen LogP contribution in [0.3, 0.4) is 0 Å². The molecule has 0 aliphatic carbocycles. The minimum Gasteiger partial charge on any atom is -0.378 e. The number of benzene rings is 1. The molecule has 1 aromatic carbocycles. The van der Waals surface area contributed by atoms with Crippen LogP contribution in [-0.2, 0) is 22.5 Å². The SMILES string of the molecule is CN(Cc1cc(C[C@@H]2CNCC[C@H]2CC(=O)N2CCOCC2)no1)c1ccccc1. The zero-order valence-electron chi connectivity index (χ0n) is 17.8. The fraction of sp³-hybridized carbons (Fsp3) is 0.565. The minimum absolute atomic E-state index is 0.264. The number of aromatic nitrogens is 1. The number of nitrogens with zero attached hydrogens (tertiary/aromatic N) is 3. The number of carbonyl (C=O) groups excluding carboxylic acids is 1. The molecular weight excluding hydrogens is 380 g/mol. The van der Waals surface area contributed by atoms with Crippen LogP contribution in [0.2, 0.25) is 0 Å². The number of hydrogen-bond donors (Lipinski definition) is 1. The molecule has 4 rings (SSSR count). The molecule has 2 saturated heterocycles. The number of piperidine rings is 1. The number of para-hydroxylation sites is 1. The number of hydrogen-bond acceptors (Lipinski definition) is 6. The van der Waals surface area contributed by atoms with Gasteiger partial charge >= 0.3 is 0 Å². The molecule has 2 aliphatic rings. The zero-order valence-corrected chi connectivity index (χ0v) is 17.8. The van der Waals surface area contributed by atoms with Gasteiger partial charge in [0.2, 0.25) is 5.91 Å². The number of ether oxygens (including phenoxy) is 1. The highest BCUT2D eigenvalue weighted by molar-refractivity contribution is 5.76. The maximum Gasteiger partial charge on any atom is 0.223 e. The molecule has 1 amide bonds. The second kappa shape index (κ2) is 10.1. The average Bonchev–Trinajstić information content (AvgIpc) is 3.23. The van der Waals surface area contributed by atoms with Crippen molar-refractivity contribution in [1.29, 1.82) is 0 Å². The highest BCUT2D eigenvalue weighted by Crippen LogP contribution is 2.27. The lowest BCUT2D eigenvalue weighted by molar-refractivity contribution is -0.136. The van der Waals surface area contributed by atoms with Crippen LogP contribution in [0.25, 0.3) is 0 Å². The van der Waals surface area contributed by atoms with Crippen molar-refractivity contribution in [3.8, 4) is 0 Å². The third kappa shape index (κ3) is 5.40. The highest BCUT2D eigenvalue weighted by Gasteiger charge is 2.30. The second-order valence-corrected chi connectivity index (χ2v) is 8.39. The second-order valence-electron chi connectivity index (χ2n) is 8.39. The summed E-state index contributed by atoms with van der Waals surface area (Å²) in [6.07, 6.45) is 2.49. The molecular formula is C23H32N4O3. The third-order valence-electron chi connectivity index (χ3n) is 6.23. The standard InChI is InChI=1S/C23H32N4O3/c1-26(21-5-3-2-4-6-21)17-22-15-20(25-30-22)13-19-16-24-8-7-18(19)14-23(28)27-9-11-29-12-10-27/h2-6,15,18-19,24H,7-14,16-17H2,1H3/t18-,19+/m0/s1. The van der Waals surface area contributed by atoms with Gasteiger partial charge < -0.3 is 24.4 Å². The van der Waals surface area contributed by atoms with E-state index in [1.807, 2.05) is 23.1 Å². The largest absolute Gasteiger partial charge is 0.378 e. The van der Waals surface area contributed by atoms with Crippen LogP contribution in [-0.4, -0.2) is 62.4 Å². The molecule has 0 saturated carbocycles. The lowest BCUT2D eigenvalue weighted by Crippen LogP contribution is -2.44. The van der Waals surface area contributed by atoms with Crippen molar-refractivity contribution in [1.82, 2.24) is 15.4 Å². The molecule has 30 heavy (non-hydrogen) atoms. The molecule has 0 bridgehead atoms. The third-order valence-corrected chi connectivity index (χ3v) is 6.23. The fourth-order valence-corrected chi connectivity index (χ4v) is 4.45. The van der Waals surface area contributed by atoms with Gasteiger partial charge in [0.1, 0.15) is 0 Å². The number of morpholine rings is 1. The number of carbonyl (C=O) groups is 1. The summed E-state index contributed by atoms with van der Waals surface area (Å²) in [5.74, 6) is 1.91. The van der Waals surface area contributed by atoms with Crippen molar-refractivity contribution < 1.29 is 14.1 Å². The van der Waals surface area contributed by atoms with Gasteiger partial charge in [0.25, 0.3) is 0 Å². The van der Waals surface area contributed by atoms with Crippen LogP contribution in [0, 0.1) is 11.8 Å². The molecule has 1 N–H and O–H groups in total. The van der Waals surface area contributed by atoms with Gasteiger partial charge in [-0.05, 0) is 49.9 Å². The van der Waals surface area contributed by atoms with E-state index in [0.29, 0.717) is 38.0 Å². The van der Waals surface area contributed by atoms with Crippen LogP contribution >= 0.6 is 0 Å². The quantitative estimate of drug-likeness (QED) is 0.753. The van der Waals surface area contributed by atoms with Crippen molar-refractivity contribution in [3.05, 3.63) is 47.9 Å². The van der Waals surface area contributed by atoms with Crippen molar-refractivity contribution in [2.45, 2.75) is 25.8 Å². The van der Waals surface area contributed by atoms with Gasteiger partial charge in [-0.25, -0.2) is 0 Å². The van der Waals surface area contributed by atoms with Gasteiger partial charge in [0.05, 0.1) is 25.5 Å². The number of anilines is 1. The molecule has 2 aromatic rings. The monoisotopic (exact) mass is 412 g/mol. The van der Waals surface area contributed by atoms with Crippen molar-refractivity contribution in [2.24, 2.45) is 11.8 Å². The predicted octanol–water partition coefficient (Wildman–Crippen LogP) is 2.33. The summed E-state index contributed by atoms with van der Waals surface area (Å²) in [4.78, 5) is 16.8. The molecule has 2 atom stereocenters. The first-order chi connectivity index (χ1) is 14.7. The molecule has 162 valence electrons. The summed E-state index contributed by atoms with van der Waals surface area (Å²) in [7, 11) is 2.05. The first-order valence-corrected chi connectivity index (χ1v) is 11.0. The fourth-order valence-electron chi connectivity index (χ4n) is 4.45. The smallest absolute Gasteiger partial charge is 0.223 e. The Morgan fingerprint density at radius 2 is 2.03 bits per heavy atom. The highest BCUT2D eigenvalue weighted by atomic mass is 16.5. The summed E-state index contributed by atoms with van der Waals surface area (Å²) >= 11 is 0. The molecule has 2 fully saturated rings. The van der Waals surface area contributed by atoms with E-state index in [4.69, 9.17) is 9.26 Å². The Labute approximate surface area is 178 Å². The number of rotatable bonds is 7. The van der Waals surface area contributed by atoms with Crippen LogP contribution in [0.1, 0.15) is 24.3 Å². The number of nitrogens with one attached hydrogen (secondary N) is 1. The molecule has 1 aromatic heterocycles. The van der Waals surface area contributed by atoms with E-state index >= 15 is 0 Å². The van der Waals surface area contributed by atoms with E-state index in [2.05, 4.69) is 40.6 Å². The minimum atomic E-state index is 0.264. The molecule has 0 unspecified atom stereocenters. The van der Waals surface area contributed by atoms with Crippen LogP contribution in [0.15, 0.2) is 40.9 Å². The maximum atomic E-state index is 12.7. The Morgan fingerprint density at radius 1 is 1.23 bits per heavy atom. The summed E-state index contributed by atoms with van der Waals surface area (Å²) < 4.78 is 11.0. The van der Waals surface area contributed by atoms with E-state index in [9.17, 15) is 4.79 Å². The Morgan fingerprint density at radius 3 is 2.83 bits per heavy atom. The summed E-state index contributed by atoms with van der Waals surface area (Å²) in [5, 5.41) is 7.81. The first kappa shape index (κ1) is 20.9. The Hall–Kier alpha value is -2.38. The zero-order chi connectivity index (χ0) is 20.8. The topological polar surface area (TPSA) is 70.8 Å². The Kier molecular flexibility index (Phi) is 7.02. The maximum absolute atomic E-state index is 12.7. The van der Waals surface area contributed by atoms with E-state index < -0.39 is 0 Å².